The molecule has 2 aromatic carbocycles. The number of carbonyl (C=O) groups excluding carboxylic acids is 3. The van der Waals surface area contributed by atoms with Crippen LogP contribution in [0.2, 0.25) is 0 Å². The van der Waals surface area contributed by atoms with Crippen LogP contribution in [0, 0.1) is 0 Å². The minimum absolute atomic E-state index is 0.159. The van der Waals surface area contributed by atoms with Gasteiger partial charge in [-0.1, -0.05) is 18.2 Å². The van der Waals surface area contributed by atoms with E-state index in [-0.39, 0.29) is 17.2 Å². The van der Waals surface area contributed by atoms with Crippen LogP contribution in [0.25, 0.3) is 0 Å². The van der Waals surface area contributed by atoms with Crippen molar-refractivity contribution in [2.75, 3.05) is 20.8 Å². The summed E-state index contributed by atoms with van der Waals surface area (Å²) in [5.41, 5.74) is 1.24. The van der Waals surface area contributed by atoms with Gasteiger partial charge in [-0.05, 0) is 42.8 Å². The monoisotopic (exact) mass is 371 g/mol. The van der Waals surface area contributed by atoms with Gasteiger partial charge in [0.2, 0.25) is 0 Å². The average Bonchev–Trinajstić information content (AvgIpc) is 2.71. The van der Waals surface area contributed by atoms with Crippen molar-refractivity contribution in [1.29, 1.82) is 0 Å². The van der Waals surface area contributed by atoms with Gasteiger partial charge in [-0.2, -0.15) is 0 Å². The molecule has 0 heterocycles. The molecule has 0 radical (unpaired) electrons. The van der Waals surface area contributed by atoms with Crippen LogP contribution < -0.4 is 10.1 Å². The third-order valence-electron chi connectivity index (χ3n) is 3.83. The maximum Gasteiger partial charge on any atom is 0.338 e. The molecule has 2 aromatic rings. The molecule has 1 atom stereocenters. The van der Waals surface area contributed by atoms with Gasteiger partial charge in [-0.25, -0.2) is 9.59 Å². The number of carbonyl (C=O) groups is 3. The smallest absolute Gasteiger partial charge is 0.338 e. The molecule has 7 heteroatoms. The summed E-state index contributed by atoms with van der Waals surface area (Å²) in [5.74, 6) is -1.02. The zero-order valence-electron chi connectivity index (χ0n) is 15.4. The van der Waals surface area contributed by atoms with Crippen molar-refractivity contribution in [2.24, 2.45) is 0 Å². The molecule has 0 saturated carbocycles. The zero-order valence-corrected chi connectivity index (χ0v) is 15.4. The second-order valence-electron chi connectivity index (χ2n) is 5.71. The van der Waals surface area contributed by atoms with E-state index >= 15 is 0 Å². The fourth-order valence-electron chi connectivity index (χ4n) is 2.38. The van der Waals surface area contributed by atoms with Crippen LogP contribution >= 0.6 is 0 Å². The lowest BCUT2D eigenvalue weighted by atomic mass is 10.1. The van der Waals surface area contributed by atoms with Gasteiger partial charge in [-0.3, -0.25) is 4.79 Å². The minimum Gasteiger partial charge on any atom is -0.497 e. The van der Waals surface area contributed by atoms with Crippen molar-refractivity contribution in [3.63, 3.8) is 0 Å². The SMILES string of the molecule is COC(=O)c1cccc(C(=O)OCC(=O)N[C@H](C)c2cccc(OC)c2)c1. The number of esters is 2. The van der Waals surface area contributed by atoms with E-state index < -0.39 is 24.5 Å². The van der Waals surface area contributed by atoms with Crippen molar-refractivity contribution in [2.45, 2.75) is 13.0 Å². The first kappa shape index (κ1) is 20.0. The van der Waals surface area contributed by atoms with Crippen LogP contribution in [0.1, 0.15) is 39.2 Å². The molecule has 0 aliphatic heterocycles. The lowest BCUT2D eigenvalue weighted by Crippen LogP contribution is -2.31. The Labute approximate surface area is 157 Å². The fraction of sp³-hybridized carbons (Fsp3) is 0.250. The Morgan fingerprint density at radius 2 is 1.63 bits per heavy atom. The first-order valence-electron chi connectivity index (χ1n) is 8.23. The zero-order chi connectivity index (χ0) is 19.8. The second-order valence-corrected chi connectivity index (χ2v) is 5.71. The quantitative estimate of drug-likeness (QED) is 0.752. The normalized spacial score (nSPS) is 11.2. The molecule has 0 aliphatic rings. The molecule has 0 saturated heterocycles. The highest BCUT2D eigenvalue weighted by molar-refractivity contribution is 5.96. The summed E-state index contributed by atoms with van der Waals surface area (Å²) in [6.45, 7) is 1.38. The molecule has 27 heavy (non-hydrogen) atoms. The fourth-order valence-corrected chi connectivity index (χ4v) is 2.38. The number of benzene rings is 2. The van der Waals surface area contributed by atoms with Crippen LogP contribution in [0.5, 0.6) is 5.75 Å². The maximum atomic E-state index is 12.1. The minimum atomic E-state index is -0.704. The second kappa shape index (κ2) is 9.38. The Morgan fingerprint density at radius 1 is 0.963 bits per heavy atom. The topological polar surface area (TPSA) is 90.9 Å². The molecule has 142 valence electrons. The van der Waals surface area contributed by atoms with Crippen molar-refractivity contribution in [3.8, 4) is 5.75 Å². The molecule has 1 N–H and O–H groups in total. The van der Waals surface area contributed by atoms with Gasteiger partial charge in [0.25, 0.3) is 5.91 Å². The number of hydrogen-bond acceptors (Lipinski definition) is 6. The highest BCUT2D eigenvalue weighted by atomic mass is 16.5. The summed E-state index contributed by atoms with van der Waals surface area (Å²) in [6, 6.07) is 12.9. The summed E-state index contributed by atoms with van der Waals surface area (Å²) in [4.78, 5) is 35.6. The summed E-state index contributed by atoms with van der Waals surface area (Å²) in [7, 11) is 2.82. The van der Waals surface area contributed by atoms with E-state index in [2.05, 4.69) is 10.1 Å². The lowest BCUT2D eigenvalue weighted by molar-refractivity contribution is -0.124. The summed E-state index contributed by atoms with van der Waals surface area (Å²) < 4.78 is 14.8. The number of hydrogen-bond donors (Lipinski definition) is 1. The summed E-state index contributed by atoms with van der Waals surface area (Å²) in [6.07, 6.45) is 0. The molecule has 7 nitrogen and oxygen atoms in total. The van der Waals surface area contributed by atoms with Gasteiger partial charge in [0.05, 0.1) is 31.4 Å². The molecular weight excluding hydrogens is 350 g/mol. The molecule has 2 rings (SSSR count). The van der Waals surface area contributed by atoms with Gasteiger partial charge in [0.15, 0.2) is 6.61 Å². The van der Waals surface area contributed by atoms with Crippen LogP contribution in [0.15, 0.2) is 48.5 Å². The molecule has 0 spiro atoms. The highest BCUT2D eigenvalue weighted by Crippen LogP contribution is 2.18. The van der Waals surface area contributed by atoms with Gasteiger partial charge < -0.3 is 19.5 Å². The predicted molar refractivity (Wildman–Crippen MR) is 97.6 cm³/mol. The summed E-state index contributed by atoms with van der Waals surface area (Å²) >= 11 is 0. The molecule has 0 bridgehead atoms. The first-order valence-corrected chi connectivity index (χ1v) is 8.23. The van der Waals surface area contributed by atoms with E-state index in [1.54, 1.807) is 7.11 Å². The lowest BCUT2D eigenvalue weighted by Gasteiger charge is -2.15. The van der Waals surface area contributed by atoms with Gasteiger partial charge in [0.1, 0.15) is 5.75 Å². The Kier molecular flexibility index (Phi) is 6.93. The van der Waals surface area contributed by atoms with E-state index in [0.29, 0.717) is 5.75 Å². The number of nitrogens with one attached hydrogen (secondary N) is 1. The Hall–Kier alpha value is -3.35. The molecule has 0 aliphatic carbocycles. The third-order valence-corrected chi connectivity index (χ3v) is 3.83. The van der Waals surface area contributed by atoms with Crippen LogP contribution in [-0.4, -0.2) is 38.7 Å². The first-order chi connectivity index (χ1) is 12.9. The van der Waals surface area contributed by atoms with Gasteiger partial charge >= 0.3 is 11.9 Å². The third kappa shape index (κ3) is 5.57. The Morgan fingerprint density at radius 3 is 2.30 bits per heavy atom. The van der Waals surface area contributed by atoms with Crippen molar-refractivity contribution < 1.29 is 28.6 Å². The molecule has 0 fully saturated rings. The van der Waals surface area contributed by atoms with Crippen LogP contribution in [-0.2, 0) is 14.3 Å². The Balaban J connectivity index is 1.91. The largest absolute Gasteiger partial charge is 0.497 e. The van der Waals surface area contributed by atoms with E-state index in [9.17, 15) is 14.4 Å². The standard InChI is InChI=1S/C20H21NO6/c1-13(14-6-5-9-17(11-14)25-2)21-18(22)12-27-20(24)16-8-4-7-15(10-16)19(23)26-3/h4-11,13H,12H2,1-3H3,(H,21,22)/t13-/m1/s1. The van der Waals surface area contributed by atoms with Gasteiger partial charge in [0, 0.05) is 0 Å². The van der Waals surface area contributed by atoms with Crippen molar-refractivity contribution in [3.05, 3.63) is 65.2 Å². The number of methoxy groups -OCH3 is 2. The van der Waals surface area contributed by atoms with Crippen LogP contribution in [0.4, 0.5) is 0 Å². The average molecular weight is 371 g/mol. The van der Waals surface area contributed by atoms with E-state index in [1.165, 1.54) is 31.4 Å². The summed E-state index contributed by atoms with van der Waals surface area (Å²) in [5, 5.41) is 2.75. The number of amides is 1. The molecule has 0 aromatic heterocycles. The molecule has 0 unspecified atom stereocenters. The number of rotatable bonds is 7. The van der Waals surface area contributed by atoms with E-state index in [4.69, 9.17) is 9.47 Å². The molecular formula is C20H21NO6. The molecule has 1 amide bonds. The van der Waals surface area contributed by atoms with E-state index in [0.717, 1.165) is 5.56 Å². The van der Waals surface area contributed by atoms with Crippen molar-refractivity contribution in [1.82, 2.24) is 5.32 Å². The van der Waals surface area contributed by atoms with Crippen molar-refractivity contribution >= 4 is 17.8 Å². The maximum absolute atomic E-state index is 12.1. The predicted octanol–water partition coefficient (Wildman–Crippen LogP) is 2.52. The van der Waals surface area contributed by atoms with Gasteiger partial charge in [-0.15, -0.1) is 0 Å². The number of ether oxygens (including phenoxy) is 3. The van der Waals surface area contributed by atoms with E-state index in [1.807, 2.05) is 31.2 Å². The van der Waals surface area contributed by atoms with Crippen LogP contribution in [0.3, 0.4) is 0 Å². The highest BCUT2D eigenvalue weighted by Gasteiger charge is 2.15. The Bertz CT molecular complexity index is 833.